The molecule has 1 atom stereocenters. The monoisotopic (exact) mass is 347 g/mol. The molecule has 0 bridgehead atoms. The molecule has 0 spiro atoms. The average Bonchev–Trinajstić information content (AvgIpc) is 3.11. The Kier molecular flexibility index (Phi) is 7.36. The highest BCUT2D eigenvalue weighted by Crippen LogP contribution is 2.11. The van der Waals surface area contributed by atoms with Gasteiger partial charge in [-0.3, -0.25) is 4.79 Å². The fourth-order valence-electron chi connectivity index (χ4n) is 2.45. The van der Waals surface area contributed by atoms with Crippen LogP contribution >= 0.6 is 11.3 Å². The summed E-state index contributed by atoms with van der Waals surface area (Å²) < 4.78 is 5.14. The molecule has 2 N–H and O–H groups in total. The number of nitrogens with two attached hydrogens (primary N) is 1. The molecule has 24 heavy (non-hydrogen) atoms. The third-order valence-corrected chi connectivity index (χ3v) is 4.55. The summed E-state index contributed by atoms with van der Waals surface area (Å²) in [4.78, 5) is 18.7. The summed E-state index contributed by atoms with van der Waals surface area (Å²) in [6.07, 6.45) is 1.46. The van der Waals surface area contributed by atoms with Crippen molar-refractivity contribution >= 4 is 17.2 Å². The van der Waals surface area contributed by atoms with Crippen molar-refractivity contribution in [2.75, 3.05) is 20.3 Å². The van der Waals surface area contributed by atoms with Crippen LogP contribution in [0.25, 0.3) is 0 Å². The van der Waals surface area contributed by atoms with E-state index in [2.05, 4.69) is 36.2 Å². The molecule has 2 aromatic rings. The Morgan fingerprint density at radius 3 is 2.62 bits per heavy atom. The van der Waals surface area contributed by atoms with Crippen LogP contribution < -0.4 is 5.73 Å². The van der Waals surface area contributed by atoms with Crippen LogP contribution in [-0.4, -0.2) is 42.1 Å². The quantitative estimate of drug-likeness (QED) is 0.755. The molecule has 1 heterocycles. The van der Waals surface area contributed by atoms with Gasteiger partial charge in [-0.25, -0.2) is 4.98 Å². The highest BCUT2D eigenvalue weighted by atomic mass is 32.1. The number of thiazole rings is 1. The minimum atomic E-state index is -0.584. The third kappa shape index (κ3) is 5.40. The molecule has 1 aromatic carbocycles. The van der Waals surface area contributed by atoms with E-state index in [0.29, 0.717) is 26.1 Å². The van der Waals surface area contributed by atoms with Crippen LogP contribution in [0.3, 0.4) is 0 Å². The fourth-order valence-corrected chi connectivity index (χ4v) is 3.03. The predicted octanol–water partition coefficient (Wildman–Crippen LogP) is 2.25. The molecular formula is C18H25N3O2S. The van der Waals surface area contributed by atoms with Gasteiger partial charge in [-0.1, -0.05) is 31.2 Å². The van der Waals surface area contributed by atoms with E-state index in [4.69, 9.17) is 10.5 Å². The van der Waals surface area contributed by atoms with Crippen LogP contribution in [0.15, 0.2) is 35.2 Å². The number of hydrogen-bond acceptors (Lipinski definition) is 5. The van der Waals surface area contributed by atoms with E-state index in [9.17, 15) is 4.79 Å². The van der Waals surface area contributed by atoms with Crippen LogP contribution in [0.4, 0.5) is 0 Å². The first-order valence-electron chi connectivity index (χ1n) is 8.12. The van der Waals surface area contributed by atoms with Gasteiger partial charge in [-0.15, -0.1) is 11.3 Å². The zero-order valence-electron chi connectivity index (χ0n) is 14.3. The standard InChI is InChI=1S/C18H25N3O2S/c1-3-14-4-6-15(7-5-14)11-21(8-9-23-2)18(22)17(19)10-16-12-24-13-20-16/h4-7,12-13,17H,3,8-11,19H2,1-2H3. The third-order valence-electron chi connectivity index (χ3n) is 3.91. The van der Waals surface area contributed by atoms with Gasteiger partial charge in [0, 0.05) is 32.0 Å². The molecule has 0 saturated carbocycles. The first-order chi connectivity index (χ1) is 11.6. The lowest BCUT2D eigenvalue weighted by atomic mass is 10.1. The number of hydrogen-bond donors (Lipinski definition) is 1. The van der Waals surface area contributed by atoms with E-state index in [-0.39, 0.29) is 5.91 Å². The SMILES string of the molecule is CCc1ccc(CN(CCOC)C(=O)C(N)Cc2cscn2)cc1. The normalized spacial score (nSPS) is 12.1. The molecule has 0 aliphatic rings. The van der Waals surface area contributed by atoms with Gasteiger partial charge in [-0.05, 0) is 17.5 Å². The molecule has 130 valence electrons. The number of rotatable bonds is 9. The lowest BCUT2D eigenvalue weighted by Gasteiger charge is -2.25. The fraction of sp³-hybridized carbons (Fsp3) is 0.444. The molecule has 0 radical (unpaired) electrons. The van der Waals surface area contributed by atoms with Crippen molar-refractivity contribution < 1.29 is 9.53 Å². The molecular weight excluding hydrogens is 322 g/mol. The number of aromatic nitrogens is 1. The summed E-state index contributed by atoms with van der Waals surface area (Å²) in [7, 11) is 1.63. The number of carbonyl (C=O) groups excluding carboxylic acids is 1. The van der Waals surface area contributed by atoms with Gasteiger partial charge in [0.2, 0.25) is 5.91 Å². The van der Waals surface area contributed by atoms with Crippen LogP contribution in [0.1, 0.15) is 23.7 Å². The molecule has 0 aliphatic heterocycles. The number of benzene rings is 1. The molecule has 5 nitrogen and oxygen atoms in total. The number of carbonyl (C=O) groups is 1. The van der Waals surface area contributed by atoms with E-state index in [0.717, 1.165) is 17.7 Å². The minimum absolute atomic E-state index is 0.0698. The Labute approximate surface area is 147 Å². The molecule has 2 rings (SSSR count). The number of methoxy groups -OCH3 is 1. The van der Waals surface area contributed by atoms with E-state index in [1.165, 1.54) is 16.9 Å². The maximum atomic E-state index is 12.7. The van der Waals surface area contributed by atoms with Crippen molar-refractivity contribution in [1.82, 2.24) is 9.88 Å². The summed E-state index contributed by atoms with van der Waals surface area (Å²) in [6.45, 7) is 3.68. The van der Waals surface area contributed by atoms with Gasteiger partial charge in [0.25, 0.3) is 0 Å². The number of amides is 1. The van der Waals surface area contributed by atoms with Crippen LogP contribution in [-0.2, 0) is 28.9 Å². The highest BCUT2D eigenvalue weighted by Gasteiger charge is 2.22. The smallest absolute Gasteiger partial charge is 0.240 e. The van der Waals surface area contributed by atoms with Gasteiger partial charge in [-0.2, -0.15) is 0 Å². The number of ether oxygens (including phenoxy) is 1. The Bertz CT molecular complexity index is 614. The zero-order chi connectivity index (χ0) is 17.4. The van der Waals surface area contributed by atoms with Crippen molar-refractivity contribution in [2.45, 2.75) is 32.4 Å². The first-order valence-corrected chi connectivity index (χ1v) is 9.06. The van der Waals surface area contributed by atoms with Gasteiger partial charge >= 0.3 is 0 Å². The minimum Gasteiger partial charge on any atom is -0.383 e. The molecule has 0 fully saturated rings. The lowest BCUT2D eigenvalue weighted by molar-refractivity contribution is -0.133. The zero-order valence-corrected chi connectivity index (χ0v) is 15.1. The second kappa shape index (κ2) is 9.52. The molecule has 1 amide bonds. The van der Waals surface area contributed by atoms with Crippen LogP contribution in [0.5, 0.6) is 0 Å². The van der Waals surface area contributed by atoms with Crippen molar-refractivity contribution in [3.63, 3.8) is 0 Å². The second-order valence-corrected chi connectivity index (χ2v) is 6.43. The number of nitrogens with zero attached hydrogens (tertiary/aromatic N) is 2. The maximum absolute atomic E-state index is 12.7. The van der Waals surface area contributed by atoms with E-state index >= 15 is 0 Å². The van der Waals surface area contributed by atoms with Crippen molar-refractivity contribution in [1.29, 1.82) is 0 Å². The van der Waals surface area contributed by atoms with Gasteiger partial charge < -0.3 is 15.4 Å². The highest BCUT2D eigenvalue weighted by molar-refractivity contribution is 7.07. The second-order valence-electron chi connectivity index (χ2n) is 5.71. The van der Waals surface area contributed by atoms with Gasteiger partial charge in [0.15, 0.2) is 0 Å². The summed E-state index contributed by atoms with van der Waals surface area (Å²) in [6, 6.07) is 7.75. The summed E-state index contributed by atoms with van der Waals surface area (Å²) in [5, 5.41) is 1.93. The van der Waals surface area contributed by atoms with Crippen molar-refractivity contribution in [3.05, 3.63) is 52.0 Å². The summed E-state index contributed by atoms with van der Waals surface area (Å²) in [5.41, 5.74) is 11.1. The Hall–Kier alpha value is -1.76. The van der Waals surface area contributed by atoms with Gasteiger partial charge in [0.1, 0.15) is 0 Å². The van der Waals surface area contributed by atoms with E-state index in [1.807, 2.05) is 5.38 Å². The first kappa shape index (κ1) is 18.6. The van der Waals surface area contributed by atoms with Crippen molar-refractivity contribution in [3.8, 4) is 0 Å². The summed E-state index contributed by atoms with van der Waals surface area (Å²) in [5.74, 6) is -0.0698. The van der Waals surface area contributed by atoms with Crippen LogP contribution in [0.2, 0.25) is 0 Å². The Balaban J connectivity index is 2.03. The average molecular weight is 347 g/mol. The van der Waals surface area contributed by atoms with Crippen molar-refractivity contribution in [2.24, 2.45) is 5.73 Å². The molecule has 6 heteroatoms. The number of aryl methyl sites for hydroxylation is 1. The van der Waals surface area contributed by atoms with E-state index in [1.54, 1.807) is 17.5 Å². The Morgan fingerprint density at radius 2 is 2.04 bits per heavy atom. The topological polar surface area (TPSA) is 68.5 Å². The largest absolute Gasteiger partial charge is 0.383 e. The van der Waals surface area contributed by atoms with Gasteiger partial charge in [0.05, 0.1) is 23.9 Å². The molecule has 0 saturated heterocycles. The molecule has 1 unspecified atom stereocenters. The summed E-state index contributed by atoms with van der Waals surface area (Å²) >= 11 is 1.51. The lowest BCUT2D eigenvalue weighted by Crippen LogP contribution is -2.45. The van der Waals surface area contributed by atoms with E-state index < -0.39 is 6.04 Å². The maximum Gasteiger partial charge on any atom is 0.240 e. The van der Waals surface area contributed by atoms with Crippen LogP contribution in [0, 0.1) is 0 Å². The predicted molar refractivity (Wildman–Crippen MR) is 96.9 cm³/mol. The molecule has 0 aliphatic carbocycles. The molecule has 1 aromatic heterocycles. The Morgan fingerprint density at radius 1 is 1.33 bits per heavy atom.